The number of benzene rings is 2. The highest BCUT2D eigenvalue weighted by atomic mass is 16.6. The fourth-order valence-corrected chi connectivity index (χ4v) is 3.78. The molecule has 2 amide bonds. The third kappa shape index (κ3) is 3.17. The number of amides is 2. The summed E-state index contributed by atoms with van der Waals surface area (Å²) >= 11 is 0. The second-order valence-corrected chi connectivity index (χ2v) is 6.81. The van der Waals surface area contributed by atoms with Crippen molar-refractivity contribution in [1.29, 1.82) is 0 Å². The maximum absolute atomic E-state index is 13.2. The van der Waals surface area contributed by atoms with Crippen molar-refractivity contribution in [2.24, 2.45) is 0 Å². The number of nitrogens with zero attached hydrogens (tertiary/aromatic N) is 3. The van der Waals surface area contributed by atoms with Crippen LogP contribution in [0.15, 0.2) is 54.2 Å². The second kappa shape index (κ2) is 7.48. The molecule has 0 atom stereocenters. The van der Waals surface area contributed by atoms with Crippen molar-refractivity contribution >= 4 is 28.8 Å². The van der Waals surface area contributed by atoms with E-state index in [-0.39, 0.29) is 30.3 Å². The van der Waals surface area contributed by atoms with E-state index in [9.17, 15) is 19.7 Å². The maximum Gasteiger partial charge on any atom is 0.278 e. The molecule has 0 unspecified atom stereocenters. The van der Waals surface area contributed by atoms with Crippen LogP contribution in [0.2, 0.25) is 0 Å². The molecule has 0 radical (unpaired) electrons. The zero-order valence-electron chi connectivity index (χ0n) is 15.8. The van der Waals surface area contributed by atoms with Crippen LogP contribution in [-0.2, 0) is 20.7 Å². The molecular weight excluding hydrogens is 374 g/mol. The Morgan fingerprint density at radius 2 is 1.79 bits per heavy atom. The van der Waals surface area contributed by atoms with Gasteiger partial charge in [-0.05, 0) is 35.7 Å². The summed E-state index contributed by atoms with van der Waals surface area (Å²) in [5.41, 5.74) is 2.99. The van der Waals surface area contributed by atoms with Crippen LogP contribution >= 0.6 is 0 Å². The molecule has 0 bridgehead atoms. The number of para-hydroxylation sites is 1. The number of nitro benzene ring substituents is 1. The molecule has 2 aliphatic heterocycles. The van der Waals surface area contributed by atoms with Crippen molar-refractivity contribution in [3.8, 4) is 0 Å². The number of anilines is 1. The van der Waals surface area contributed by atoms with Crippen molar-refractivity contribution < 1.29 is 19.2 Å². The summed E-state index contributed by atoms with van der Waals surface area (Å²) in [6.45, 7) is 0.959. The highest BCUT2D eigenvalue weighted by molar-refractivity contribution is 6.36. The second-order valence-electron chi connectivity index (χ2n) is 6.81. The smallest absolute Gasteiger partial charge is 0.278 e. The van der Waals surface area contributed by atoms with Crippen LogP contribution in [0.3, 0.4) is 0 Å². The van der Waals surface area contributed by atoms with Gasteiger partial charge in [0.25, 0.3) is 17.5 Å². The van der Waals surface area contributed by atoms with Crippen LogP contribution < -0.4 is 4.90 Å². The Kier molecular flexibility index (Phi) is 4.85. The zero-order valence-corrected chi connectivity index (χ0v) is 15.8. The summed E-state index contributed by atoms with van der Waals surface area (Å²) in [5, 5.41) is 11.0. The van der Waals surface area contributed by atoms with Gasteiger partial charge in [-0.1, -0.05) is 18.2 Å². The lowest BCUT2D eigenvalue weighted by Crippen LogP contribution is -2.37. The van der Waals surface area contributed by atoms with Crippen LogP contribution in [0.5, 0.6) is 0 Å². The summed E-state index contributed by atoms with van der Waals surface area (Å²) in [5.74, 6) is -0.794. The molecule has 0 fully saturated rings. The highest BCUT2D eigenvalue weighted by Crippen LogP contribution is 2.38. The number of rotatable bonds is 6. The van der Waals surface area contributed by atoms with Crippen molar-refractivity contribution in [2.75, 3.05) is 31.7 Å². The Morgan fingerprint density at radius 1 is 1.07 bits per heavy atom. The number of hydrogen-bond acceptors (Lipinski definition) is 6. The van der Waals surface area contributed by atoms with Crippen molar-refractivity contribution in [2.45, 2.75) is 6.42 Å². The van der Waals surface area contributed by atoms with Crippen LogP contribution in [0, 0.1) is 10.1 Å². The monoisotopic (exact) mass is 393 g/mol. The van der Waals surface area contributed by atoms with E-state index in [0.29, 0.717) is 17.8 Å². The topological polar surface area (TPSA) is 93.0 Å². The number of non-ortho nitro benzene ring substituents is 1. The Morgan fingerprint density at radius 3 is 2.48 bits per heavy atom. The van der Waals surface area contributed by atoms with Gasteiger partial charge in [0.05, 0.1) is 23.6 Å². The highest BCUT2D eigenvalue weighted by Gasteiger charge is 2.43. The molecule has 2 heterocycles. The fourth-order valence-electron chi connectivity index (χ4n) is 3.78. The van der Waals surface area contributed by atoms with Crippen LogP contribution in [0.25, 0.3) is 5.57 Å². The fraction of sp³-hybridized carbons (Fsp3) is 0.238. The van der Waals surface area contributed by atoms with Crippen molar-refractivity contribution in [3.05, 3.63) is 75.5 Å². The zero-order chi connectivity index (χ0) is 20.5. The number of ether oxygens (including phenoxy) is 1. The molecule has 0 spiro atoms. The van der Waals surface area contributed by atoms with E-state index in [1.165, 1.54) is 36.3 Å². The average Bonchev–Trinajstić information content (AvgIpc) is 3.25. The first-order valence-electron chi connectivity index (χ1n) is 9.22. The lowest BCUT2D eigenvalue weighted by atomic mass is 10.0. The van der Waals surface area contributed by atoms with Gasteiger partial charge in [-0.25, -0.2) is 0 Å². The van der Waals surface area contributed by atoms with Crippen molar-refractivity contribution in [3.63, 3.8) is 0 Å². The van der Waals surface area contributed by atoms with Gasteiger partial charge in [0.2, 0.25) is 0 Å². The third-order valence-corrected chi connectivity index (χ3v) is 5.19. The van der Waals surface area contributed by atoms with E-state index < -0.39 is 10.8 Å². The van der Waals surface area contributed by atoms with Gasteiger partial charge in [0.1, 0.15) is 5.70 Å². The molecule has 8 nitrogen and oxygen atoms in total. The Bertz CT molecular complexity index is 1030. The summed E-state index contributed by atoms with van der Waals surface area (Å²) in [7, 11) is 1.51. The van der Waals surface area contributed by atoms with Gasteiger partial charge in [0, 0.05) is 31.5 Å². The normalized spacial score (nSPS) is 16.0. The average molecular weight is 393 g/mol. The molecule has 4 rings (SSSR count). The number of imide groups is 1. The van der Waals surface area contributed by atoms with Crippen LogP contribution in [-0.4, -0.2) is 48.4 Å². The van der Waals surface area contributed by atoms with Gasteiger partial charge in [-0.3, -0.25) is 24.6 Å². The minimum atomic E-state index is -0.498. The number of carbonyl (C=O) groups excluding carboxylic acids is 2. The van der Waals surface area contributed by atoms with Crippen LogP contribution in [0.1, 0.15) is 11.1 Å². The molecule has 0 saturated carbocycles. The summed E-state index contributed by atoms with van der Waals surface area (Å²) in [4.78, 5) is 39.9. The molecule has 8 heteroatoms. The first-order valence-corrected chi connectivity index (χ1v) is 9.22. The van der Waals surface area contributed by atoms with E-state index in [1.54, 1.807) is 0 Å². The number of methoxy groups -OCH3 is 1. The van der Waals surface area contributed by atoms with Gasteiger partial charge in [-0.2, -0.15) is 0 Å². The van der Waals surface area contributed by atoms with Gasteiger partial charge in [0.15, 0.2) is 0 Å². The molecule has 0 saturated heterocycles. The third-order valence-electron chi connectivity index (χ3n) is 5.19. The van der Waals surface area contributed by atoms with Gasteiger partial charge >= 0.3 is 0 Å². The standard InChI is InChI=1S/C21H19N3O5/c1-29-13-12-23-20(25)18(15-6-8-16(9-7-15)24(27)28)19(21(23)26)22-11-10-14-4-2-3-5-17(14)22/h2-9H,10-13H2,1H3. The predicted molar refractivity (Wildman–Crippen MR) is 106 cm³/mol. The Balaban J connectivity index is 1.82. The molecule has 148 valence electrons. The quantitative estimate of drug-likeness (QED) is 0.425. The minimum Gasteiger partial charge on any atom is -0.383 e. The molecule has 2 aromatic carbocycles. The molecule has 0 N–H and O–H groups in total. The molecule has 0 aliphatic carbocycles. The molecule has 2 aliphatic rings. The van der Waals surface area contributed by atoms with E-state index in [4.69, 9.17) is 4.74 Å². The number of hydrogen-bond donors (Lipinski definition) is 0. The Hall–Kier alpha value is -3.52. The maximum atomic E-state index is 13.2. The lowest BCUT2D eigenvalue weighted by Gasteiger charge is -2.21. The largest absolute Gasteiger partial charge is 0.383 e. The molecule has 2 aromatic rings. The predicted octanol–water partition coefficient (Wildman–Crippen LogP) is 2.38. The first kappa shape index (κ1) is 18.8. The minimum absolute atomic E-state index is 0.0737. The number of fused-ring (bicyclic) bond motifs is 1. The van der Waals surface area contributed by atoms with Gasteiger partial charge in [-0.15, -0.1) is 0 Å². The molecular formula is C21H19N3O5. The van der Waals surface area contributed by atoms with E-state index in [1.807, 2.05) is 29.2 Å². The van der Waals surface area contributed by atoms with E-state index >= 15 is 0 Å². The van der Waals surface area contributed by atoms with E-state index in [0.717, 1.165) is 17.7 Å². The number of nitro groups is 1. The summed E-state index contributed by atoms with van der Waals surface area (Å²) < 4.78 is 5.05. The lowest BCUT2D eigenvalue weighted by molar-refractivity contribution is -0.384. The first-order chi connectivity index (χ1) is 14.0. The van der Waals surface area contributed by atoms with Crippen molar-refractivity contribution in [1.82, 2.24) is 4.90 Å². The number of carbonyl (C=O) groups is 2. The van der Waals surface area contributed by atoms with Crippen LogP contribution in [0.4, 0.5) is 11.4 Å². The summed E-state index contributed by atoms with van der Waals surface area (Å²) in [6, 6.07) is 13.5. The molecule has 0 aromatic heterocycles. The van der Waals surface area contributed by atoms with Gasteiger partial charge < -0.3 is 9.64 Å². The van der Waals surface area contributed by atoms with E-state index in [2.05, 4.69) is 0 Å². The molecule has 29 heavy (non-hydrogen) atoms. The SMILES string of the molecule is COCCN1C(=O)C(c2ccc([N+](=O)[O-])cc2)=C(N2CCc3ccccc32)C1=O. The summed E-state index contributed by atoms with van der Waals surface area (Å²) in [6.07, 6.45) is 0.771. The Labute approximate surface area is 167 Å².